The van der Waals surface area contributed by atoms with E-state index in [1.165, 1.54) is 0 Å². The van der Waals surface area contributed by atoms with Crippen LogP contribution in [-0.4, -0.2) is 59.5 Å². The van der Waals surface area contributed by atoms with E-state index in [2.05, 4.69) is 18.7 Å². The first-order chi connectivity index (χ1) is 9.13. The Labute approximate surface area is 122 Å². The molecule has 20 heavy (non-hydrogen) atoms. The molecule has 0 aliphatic rings. The van der Waals surface area contributed by atoms with Gasteiger partial charge in [0.05, 0.1) is 5.92 Å². The molecule has 1 N–H and O–H groups in total. The predicted molar refractivity (Wildman–Crippen MR) is 80.6 cm³/mol. The molecule has 5 nitrogen and oxygen atoms in total. The molecule has 1 atom stereocenters. The molecular formula is C15H30N2O3. The minimum atomic E-state index is -0.862. The molecule has 1 amide bonds. The number of carbonyl (C=O) groups is 2. The van der Waals surface area contributed by atoms with E-state index in [9.17, 15) is 9.59 Å². The summed E-state index contributed by atoms with van der Waals surface area (Å²) >= 11 is 0. The fraction of sp³-hybridized carbons (Fsp3) is 0.867. The van der Waals surface area contributed by atoms with Gasteiger partial charge in [0, 0.05) is 25.0 Å². The molecule has 1 unspecified atom stereocenters. The molecule has 0 aliphatic heterocycles. The van der Waals surface area contributed by atoms with Crippen molar-refractivity contribution in [3.05, 3.63) is 0 Å². The van der Waals surface area contributed by atoms with Gasteiger partial charge in [0.2, 0.25) is 5.91 Å². The summed E-state index contributed by atoms with van der Waals surface area (Å²) in [6.07, 6.45) is 0. The summed E-state index contributed by atoms with van der Waals surface area (Å²) in [6.45, 7) is 14.9. The molecule has 0 aromatic rings. The second kappa shape index (κ2) is 8.25. The molecular weight excluding hydrogens is 256 g/mol. The third-order valence-electron chi connectivity index (χ3n) is 3.43. The van der Waals surface area contributed by atoms with Gasteiger partial charge in [-0.25, -0.2) is 0 Å². The maximum absolute atomic E-state index is 12.4. The lowest BCUT2D eigenvalue weighted by molar-refractivity contribution is -0.145. The first-order valence-electron chi connectivity index (χ1n) is 7.38. The van der Waals surface area contributed by atoms with Crippen LogP contribution in [0.1, 0.15) is 41.5 Å². The first kappa shape index (κ1) is 18.9. The Kier molecular flexibility index (Phi) is 7.79. The van der Waals surface area contributed by atoms with Crippen molar-refractivity contribution in [2.24, 2.45) is 11.3 Å². The van der Waals surface area contributed by atoms with E-state index in [-0.39, 0.29) is 12.5 Å². The van der Waals surface area contributed by atoms with Gasteiger partial charge in [-0.15, -0.1) is 0 Å². The summed E-state index contributed by atoms with van der Waals surface area (Å²) in [6, 6.07) is 0. The standard InChI is InChI=1S/C15H30N2O3/c1-7-16(8-2)9-10-17(11-12(3)13(18)19)14(20)15(4,5)6/h12H,7-11H2,1-6H3,(H,18,19). The maximum atomic E-state index is 12.4. The Morgan fingerprint density at radius 3 is 1.95 bits per heavy atom. The van der Waals surface area contributed by atoms with E-state index in [0.717, 1.165) is 19.6 Å². The Morgan fingerprint density at radius 1 is 1.10 bits per heavy atom. The fourth-order valence-electron chi connectivity index (χ4n) is 1.96. The van der Waals surface area contributed by atoms with Crippen molar-refractivity contribution in [2.75, 3.05) is 32.7 Å². The van der Waals surface area contributed by atoms with Gasteiger partial charge < -0.3 is 14.9 Å². The van der Waals surface area contributed by atoms with E-state index in [4.69, 9.17) is 5.11 Å². The third kappa shape index (κ3) is 6.37. The molecule has 0 fully saturated rings. The van der Waals surface area contributed by atoms with Gasteiger partial charge in [0.1, 0.15) is 0 Å². The van der Waals surface area contributed by atoms with Crippen molar-refractivity contribution < 1.29 is 14.7 Å². The van der Waals surface area contributed by atoms with Crippen LogP contribution in [0, 0.1) is 11.3 Å². The Morgan fingerprint density at radius 2 is 1.60 bits per heavy atom. The monoisotopic (exact) mass is 286 g/mol. The molecule has 0 bridgehead atoms. The van der Waals surface area contributed by atoms with E-state index in [1.54, 1.807) is 11.8 Å². The first-order valence-corrected chi connectivity index (χ1v) is 7.38. The zero-order chi connectivity index (χ0) is 15.9. The van der Waals surface area contributed by atoms with Crippen molar-refractivity contribution in [1.82, 2.24) is 9.80 Å². The number of hydrogen-bond donors (Lipinski definition) is 1. The van der Waals surface area contributed by atoms with Crippen molar-refractivity contribution in [3.8, 4) is 0 Å². The third-order valence-corrected chi connectivity index (χ3v) is 3.43. The molecule has 0 aromatic heterocycles. The number of amides is 1. The van der Waals surface area contributed by atoms with Crippen LogP contribution in [0.2, 0.25) is 0 Å². The molecule has 0 spiro atoms. The highest BCUT2D eigenvalue weighted by molar-refractivity contribution is 5.82. The van der Waals surface area contributed by atoms with Crippen LogP contribution in [0.15, 0.2) is 0 Å². The zero-order valence-corrected chi connectivity index (χ0v) is 13.8. The Bertz CT molecular complexity index is 320. The lowest BCUT2D eigenvalue weighted by Crippen LogP contribution is -2.46. The number of aliphatic carboxylic acids is 1. The lowest BCUT2D eigenvalue weighted by Gasteiger charge is -2.32. The Hall–Kier alpha value is -1.10. The minimum Gasteiger partial charge on any atom is -0.481 e. The minimum absolute atomic E-state index is 0.0118. The summed E-state index contributed by atoms with van der Waals surface area (Å²) in [5, 5.41) is 9.04. The van der Waals surface area contributed by atoms with Gasteiger partial charge in [-0.2, -0.15) is 0 Å². The van der Waals surface area contributed by atoms with Gasteiger partial charge >= 0.3 is 5.97 Å². The molecule has 0 heterocycles. The molecule has 0 radical (unpaired) electrons. The number of hydrogen-bond acceptors (Lipinski definition) is 3. The van der Waals surface area contributed by atoms with Crippen molar-refractivity contribution in [3.63, 3.8) is 0 Å². The Balaban J connectivity index is 4.79. The molecule has 0 saturated heterocycles. The van der Waals surface area contributed by atoms with Crippen molar-refractivity contribution in [2.45, 2.75) is 41.5 Å². The topological polar surface area (TPSA) is 60.9 Å². The molecule has 0 rings (SSSR count). The summed E-state index contributed by atoms with van der Waals surface area (Å²) < 4.78 is 0. The van der Waals surface area contributed by atoms with Crippen LogP contribution >= 0.6 is 0 Å². The van der Waals surface area contributed by atoms with Crippen molar-refractivity contribution in [1.29, 1.82) is 0 Å². The number of nitrogens with zero attached hydrogens (tertiary/aromatic N) is 2. The summed E-state index contributed by atoms with van der Waals surface area (Å²) in [7, 11) is 0. The highest BCUT2D eigenvalue weighted by atomic mass is 16.4. The van der Waals surface area contributed by atoms with E-state index in [1.807, 2.05) is 20.8 Å². The highest BCUT2D eigenvalue weighted by Crippen LogP contribution is 2.18. The largest absolute Gasteiger partial charge is 0.481 e. The maximum Gasteiger partial charge on any atom is 0.308 e. The second-order valence-corrected chi connectivity index (χ2v) is 6.27. The van der Waals surface area contributed by atoms with Crippen molar-refractivity contribution >= 4 is 11.9 Å². The van der Waals surface area contributed by atoms with Crippen LogP contribution in [0.4, 0.5) is 0 Å². The number of carboxylic acid groups (broad SMARTS) is 1. The summed E-state index contributed by atoms with van der Waals surface area (Å²) in [5.74, 6) is -1.39. The number of rotatable bonds is 8. The number of likely N-dealkylation sites (N-methyl/N-ethyl adjacent to an activating group) is 1. The fourth-order valence-corrected chi connectivity index (χ4v) is 1.96. The SMILES string of the molecule is CCN(CC)CCN(CC(C)C(=O)O)C(=O)C(C)(C)C. The molecule has 5 heteroatoms. The van der Waals surface area contributed by atoms with Gasteiger partial charge in [-0.3, -0.25) is 9.59 Å². The average Bonchev–Trinajstić information content (AvgIpc) is 2.36. The quantitative estimate of drug-likeness (QED) is 0.740. The average molecular weight is 286 g/mol. The molecule has 0 aromatic carbocycles. The number of carbonyl (C=O) groups excluding carboxylic acids is 1. The normalized spacial score (nSPS) is 13.3. The van der Waals surface area contributed by atoms with Gasteiger partial charge in [0.25, 0.3) is 0 Å². The van der Waals surface area contributed by atoms with Gasteiger partial charge in [-0.05, 0) is 13.1 Å². The van der Waals surface area contributed by atoms with Gasteiger partial charge in [0.15, 0.2) is 0 Å². The van der Waals surface area contributed by atoms with Gasteiger partial charge in [-0.1, -0.05) is 41.5 Å². The second-order valence-electron chi connectivity index (χ2n) is 6.27. The summed E-state index contributed by atoms with van der Waals surface area (Å²) in [4.78, 5) is 27.4. The predicted octanol–water partition coefficient (Wildman–Crippen LogP) is 1.92. The lowest BCUT2D eigenvalue weighted by atomic mass is 9.94. The van der Waals surface area contributed by atoms with Crippen LogP contribution in [0.5, 0.6) is 0 Å². The van der Waals surface area contributed by atoms with E-state index < -0.39 is 17.3 Å². The number of carboxylic acids is 1. The van der Waals surface area contributed by atoms with Crippen LogP contribution < -0.4 is 0 Å². The van der Waals surface area contributed by atoms with E-state index >= 15 is 0 Å². The molecule has 0 saturated carbocycles. The molecule has 118 valence electrons. The van der Waals surface area contributed by atoms with Crippen LogP contribution in [0.25, 0.3) is 0 Å². The zero-order valence-electron chi connectivity index (χ0n) is 13.8. The smallest absolute Gasteiger partial charge is 0.308 e. The van der Waals surface area contributed by atoms with Crippen LogP contribution in [0.3, 0.4) is 0 Å². The van der Waals surface area contributed by atoms with Crippen LogP contribution in [-0.2, 0) is 9.59 Å². The van der Waals surface area contributed by atoms with E-state index in [0.29, 0.717) is 6.54 Å². The summed E-state index contributed by atoms with van der Waals surface area (Å²) in [5.41, 5.74) is -0.485. The highest BCUT2D eigenvalue weighted by Gasteiger charge is 2.29. The molecule has 0 aliphatic carbocycles.